The van der Waals surface area contributed by atoms with Crippen LogP contribution in [0.1, 0.15) is 0 Å². The van der Waals surface area contributed by atoms with Crippen LogP contribution in [0.2, 0.25) is 5.02 Å². The van der Waals surface area contributed by atoms with Gasteiger partial charge in [-0.15, -0.1) is 0 Å². The molecule has 4 N–H and O–H groups in total. The van der Waals surface area contributed by atoms with Gasteiger partial charge in [-0.25, -0.2) is 23.6 Å². The lowest BCUT2D eigenvalue weighted by atomic mass is 10.3. The van der Waals surface area contributed by atoms with Gasteiger partial charge in [0.05, 0.1) is 10.7 Å². The standard InChI is InChI=1S/C11H9BrClFN4O2S/c12-7-4-6(14)5-8(13)10(7)18-21(19,20)9-2-1-3-16-11(9)17-15/h1-5,18H,15H2,(H,16,17). The number of anilines is 2. The number of rotatable bonds is 4. The first kappa shape index (κ1) is 16.0. The maximum Gasteiger partial charge on any atom is 0.265 e. The molecule has 6 nitrogen and oxygen atoms in total. The van der Waals surface area contributed by atoms with Crippen LogP contribution in [0.25, 0.3) is 0 Å². The van der Waals surface area contributed by atoms with Gasteiger partial charge in [-0.05, 0) is 40.2 Å². The van der Waals surface area contributed by atoms with Gasteiger partial charge in [0.25, 0.3) is 10.0 Å². The maximum absolute atomic E-state index is 13.2. The molecular formula is C11H9BrClFN4O2S. The number of halogens is 3. The average molecular weight is 396 g/mol. The van der Waals surface area contributed by atoms with E-state index in [-0.39, 0.29) is 25.9 Å². The maximum atomic E-state index is 13.2. The Morgan fingerprint density at radius 2 is 2.10 bits per heavy atom. The first-order chi connectivity index (χ1) is 9.85. The van der Waals surface area contributed by atoms with E-state index in [9.17, 15) is 12.8 Å². The van der Waals surface area contributed by atoms with Crippen LogP contribution in [0.15, 0.2) is 39.8 Å². The van der Waals surface area contributed by atoms with Gasteiger partial charge >= 0.3 is 0 Å². The number of nitrogens with zero attached hydrogens (tertiary/aromatic N) is 1. The number of nitrogens with two attached hydrogens (primary N) is 1. The molecule has 0 bridgehead atoms. The Hall–Kier alpha value is -1.42. The number of hydrogen-bond donors (Lipinski definition) is 3. The van der Waals surface area contributed by atoms with Gasteiger partial charge in [0.1, 0.15) is 10.7 Å². The summed E-state index contributed by atoms with van der Waals surface area (Å²) in [7, 11) is -4.01. The van der Waals surface area contributed by atoms with Crippen molar-refractivity contribution in [3.05, 3.63) is 45.8 Å². The number of nitrogen functional groups attached to an aromatic ring is 1. The topological polar surface area (TPSA) is 97.1 Å². The zero-order valence-electron chi connectivity index (χ0n) is 10.3. The third kappa shape index (κ3) is 3.43. The van der Waals surface area contributed by atoms with Crippen molar-refractivity contribution >= 4 is 49.1 Å². The zero-order valence-corrected chi connectivity index (χ0v) is 13.4. The van der Waals surface area contributed by atoms with Gasteiger partial charge in [-0.1, -0.05) is 11.6 Å². The molecule has 1 aromatic heterocycles. The molecule has 0 aliphatic heterocycles. The molecule has 21 heavy (non-hydrogen) atoms. The second kappa shape index (κ2) is 6.14. The van der Waals surface area contributed by atoms with Crippen LogP contribution in [-0.4, -0.2) is 13.4 Å². The zero-order chi connectivity index (χ0) is 15.6. The molecule has 0 saturated heterocycles. The summed E-state index contributed by atoms with van der Waals surface area (Å²) >= 11 is 8.90. The predicted molar refractivity (Wildman–Crippen MR) is 82.0 cm³/mol. The summed E-state index contributed by atoms with van der Waals surface area (Å²) in [6, 6.07) is 4.84. The lowest BCUT2D eigenvalue weighted by Gasteiger charge is -2.13. The lowest BCUT2D eigenvalue weighted by Crippen LogP contribution is -2.19. The highest BCUT2D eigenvalue weighted by molar-refractivity contribution is 9.10. The van der Waals surface area contributed by atoms with E-state index in [2.05, 4.69) is 31.1 Å². The van der Waals surface area contributed by atoms with Crippen LogP contribution in [-0.2, 0) is 10.0 Å². The molecule has 2 rings (SSSR count). The fraction of sp³-hybridized carbons (Fsp3) is 0. The average Bonchev–Trinajstić information content (AvgIpc) is 2.43. The van der Waals surface area contributed by atoms with Gasteiger partial charge in [0, 0.05) is 10.7 Å². The van der Waals surface area contributed by atoms with Crippen LogP contribution >= 0.6 is 27.5 Å². The summed E-state index contributed by atoms with van der Waals surface area (Å²) in [6.45, 7) is 0. The van der Waals surface area contributed by atoms with Crippen LogP contribution in [0.5, 0.6) is 0 Å². The third-order valence-corrected chi connectivity index (χ3v) is 4.75. The Kier molecular flexibility index (Phi) is 4.67. The highest BCUT2D eigenvalue weighted by Gasteiger charge is 2.22. The van der Waals surface area contributed by atoms with E-state index in [1.54, 1.807) is 0 Å². The minimum Gasteiger partial charge on any atom is -0.307 e. The Morgan fingerprint density at radius 1 is 1.38 bits per heavy atom. The molecule has 0 aliphatic rings. The number of nitrogens with one attached hydrogen (secondary N) is 2. The molecule has 10 heteroatoms. The van der Waals surface area contributed by atoms with E-state index in [0.717, 1.165) is 12.1 Å². The quantitative estimate of drug-likeness (QED) is 0.546. The summed E-state index contributed by atoms with van der Waals surface area (Å²) in [5, 5.41) is -0.0865. The molecule has 0 spiro atoms. The highest BCUT2D eigenvalue weighted by atomic mass is 79.9. The fourth-order valence-corrected chi connectivity index (χ4v) is 3.85. The monoisotopic (exact) mass is 394 g/mol. The van der Waals surface area contributed by atoms with E-state index in [4.69, 9.17) is 17.4 Å². The van der Waals surface area contributed by atoms with E-state index in [0.29, 0.717) is 0 Å². The molecule has 1 aromatic carbocycles. The van der Waals surface area contributed by atoms with Gasteiger partial charge in [-0.2, -0.15) is 0 Å². The van der Waals surface area contributed by atoms with Crippen LogP contribution in [0.4, 0.5) is 15.9 Å². The molecule has 0 amide bonds. The van der Waals surface area contributed by atoms with Crippen molar-refractivity contribution in [2.45, 2.75) is 4.90 Å². The van der Waals surface area contributed by atoms with Crippen molar-refractivity contribution in [1.29, 1.82) is 0 Å². The normalized spacial score (nSPS) is 11.2. The van der Waals surface area contributed by atoms with Gasteiger partial charge in [0.2, 0.25) is 0 Å². The van der Waals surface area contributed by atoms with Crippen LogP contribution in [0.3, 0.4) is 0 Å². The molecule has 0 atom stereocenters. The summed E-state index contributed by atoms with van der Waals surface area (Å²) in [4.78, 5) is 3.64. The van der Waals surface area contributed by atoms with Crippen molar-refractivity contribution in [3.8, 4) is 0 Å². The molecule has 2 aromatic rings. The van der Waals surface area contributed by atoms with Crippen LogP contribution in [0, 0.1) is 5.82 Å². The van der Waals surface area contributed by atoms with Gasteiger partial charge in [0.15, 0.2) is 5.82 Å². The van der Waals surface area contributed by atoms with E-state index >= 15 is 0 Å². The number of hydrazine groups is 1. The van der Waals surface area contributed by atoms with E-state index in [1.165, 1.54) is 18.3 Å². The molecule has 112 valence electrons. The Morgan fingerprint density at radius 3 is 2.71 bits per heavy atom. The molecule has 0 radical (unpaired) electrons. The summed E-state index contributed by atoms with van der Waals surface area (Å²) < 4.78 is 40.3. The highest BCUT2D eigenvalue weighted by Crippen LogP contribution is 2.34. The number of pyridine rings is 1. The predicted octanol–water partition coefficient (Wildman–Crippen LogP) is 2.72. The van der Waals surface area contributed by atoms with E-state index < -0.39 is 15.8 Å². The van der Waals surface area contributed by atoms with Crippen molar-refractivity contribution in [2.24, 2.45) is 5.84 Å². The van der Waals surface area contributed by atoms with Crippen molar-refractivity contribution in [1.82, 2.24) is 4.98 Å². The molecule has 0 saturated carbocycles. The number of hydrogen-bond acceptors (Lipinski definition) is 5. The molecule has 0 aliphatic carbocycles. The van der Waals surface area contributed by atoms with Crippen molar-refractivity contribution in [3.63, 3.8) is 0 Å². The number of sulfonamides is 1. The second-order valence-electron chi connectivity index (χ2n) is 3.84. The SMILES string of the molecule is NNc1ncccc1S(=O)(=O)Nc1c(Cl)cc(F)cc1Br. The minimum atomic E-state index is -4.01. The number of aromatic nitrogens is 1. The minimum absolute atomic E-state index is 0.0184. The largest absolute Gasteiger partial charge is 0.307 e. The van der Waals surface area contributed by atoms with E-state index in [1.807, 2.05) is 0 Å². The van der Waals surface area contributed by atoms with Crippen molar-refractivity contribution < 1.29 is 12.8 Å². The first-order valence-corrected chi connectivity index (χ1v) is 8.09. The van der Waals surface area contributed by atoms with Crippen LogP contribution < -0.4 is 16.0 Å². The second-order valence-corrected chi connectivity index (χ2v) is 6.76. The Balaban J connectivity index is 2.48. The molecule has 0 unspecified atom stereocenters. The Labute approximate surface area is 133 Å². The van der Waals surface area contributed by atoms with Gasteiger partial charge in [-0.3, -0.25) is 4.72 Å². The molecule has 1 heterocycles. The summed E-state index contributed by atoms with van der Waals surface area (Å²) in [6.07, 6.45) is 1.38. The van der Waals surface area contributed by atoms with Gasteiger partial charge < -0.3 is 5.43 Å². The fourth-order valence-electron chi connectivity index (χ4n) is 1.54. The Bertz CT molecular complexity index is 765. The third-order valence-electron chi connectivity index (χ3n) is 2.44. The van der Waals surface area contributed by atoms with Crippen molar-refractivity contribution in [2.75, 3.05) is 10.1 Å². The number of benzene rings is 1. The molecule has 0 fully saturated rings. The molecular weight excluding hydrogens is 387 g/mol. The summed E-state index contributed by atoms with van der Waals surface area (Å²) in [5.41, 5.74) is 2.21. The summed E-state index contributed by atoms with van der Waals surface area (Å²) in [5.74, 6) is 4.61. The smallest absolute Gasteiger partial charge is 0.265 e. The first-order valence-electron chi connectivity index (χ1n) is 5.44. The lowest BCUT2D eigenvalue weighted by molar-refractivity contribution is 0.601.